The molecule has 0 radical (unpaired) electrons. The van der Waals surface area contributed by atoms with Crippen LogP contribution in [-0.2, 0) is 0 Å². The Kier molecular flexibility index (Phi) is 2.06. The second-order valence-corrected chi connectivity index (χ2v) is 2.58. The Balaban J connectivity index is 2.49. The van der Waals surface area contributed by atoms with Crippen LogP contribution >= 0.6 is 0 Å². The number of nitrogens with one attached hydrogen (secondary N) is 1. The van der Waals surface area contributed by atoms with Gasteiger partial charge in [-0.15, -0.1) is 0 Å². The quantitative estimate of drug-likeness (QED) is 0.557. The highest BCUT2D eigenvalue weighted by atomic mass is 14.9. The van der Waals surface area contributed by atoms with E-state index in [1.54, 1.807) is 0 Å². The summed E-state index contributed by atoms with van der Waals surface area (Å²) in [4.78, 5) is 0. The molecule has 1 aliphatic heterocycles. The molecule has 0 amide bonds. The third kappa shape index (κ3) is 2.02. The van der Waals surface area contributed by atoms with Crippen molar-refractivity contribution in [3.8, 4) is 0 Å². The summed E-state index contributed by atoms with van der Waals surface area (Å²) < 4.78 is 0. The highest BCUT2D eigenvalue weighted by Crippen LogP contribution is 2.07. The van der Waals surface area contributed by atoms with Crippen molar-refractivity contribution in [2.75, 3.05) is 13.1 Å². The Labute approximate surface area is 56.5 Å². The van der Waals surface area contributed by atoms with Gasteiger partial charge in [0.1, 0.15) is 0 Å². The van der Waals surface area contributed by atoms with E-state index >= 15 is 0 Å². The van der Waals surface area contributed by atoms with E-state index in [1.165, 1.54) is 12.0 Å². The van der Waals surface area contributed by atoms with Crippen LogP contribution in [-0.4, -0.2) is 13.1 Å². The van der Waals surface area contributed by atoms with Crippen LogP contribution < -0.4 is 5.32 Å². The van der Waals surface area contributed by atoms with Crippen molar-refractivity contribution in [3.63, 3.8) is 0 Å². The zero-order chi connectivity index (χ0) is 6.69. The summed E-state index contributed by atoms with van der Waals surface area (Å²) in [5.41, 5.74) is 2.65. The summed E-state index contributed by atoms with van der Waals surface area (Å²) in [7, 11) is 0. The fourth-order valence-corrected chi connectivity index (χ4v) is 1.06. The Morgan fingerprint density at radius 1 is 1.78 bits per heavy atom. The topological polar surface area (TPSA) is 12.0 Å². The molecule has 1 saturated heterocycles. The van der Waals surface area contributed by atoms with Crippen molar-refractivity contribution in [1.29, 1.82) is 0 Å². The van der Waals surface area contributed by atoms with Gasteiger partial charge in [-0.05, 0) is 19.9 Å². The van der Waals surface area contributed by atoms with Crippen LogP contribution in [0.15, 0.2) is 23.8 Å². The third-order valence-electron chi connectivity index (χ3n) is 1.43. The summed E-state index contributed by atoms with van der Waals surface area (Å²) >= 11 is 0. The van der Waals surface area contributed by atoms with Crippen LogP contribution in [0.5, 0.6) is 0 Å². The van der Waals surface area contributed by atoms with Gasteiger partial charge in [0.05, 0.1) is 0 Å². The van der Waals surface area contributed by atoms with Crippen LogP contribution in [0.4, 0.5) is 0 Å². The van der Waals surface area contributed by atoms with Gasteiger partial charge in [0.2, 0.25) is 0 Å². The molecule has 1 aliphatic rings. The predicted molar refractivity (Wildman–Crippen MR) is 40.4 cm³/mol. The van der Waals surface area contributed by atoms with E-state index < -0.39 is 0 Å². The number of rotatable bonds is 1. The van der Waals surface area contributed by atoms with E-state index in [0.717, 1.165) is 18.7 Å². The molecular formula is C8H13N. The Bertz CT molecular complexity index is 137. The fourth-order valence-electron chi connectivity index (χ4n) is 1.06. The maximum absolute atomic E-state index is 3.81. The molecule has 0 unspecified atom stereocenters. The number of allylic oxidation sites excluding steroid dienone is 2. The van der Waals surface area contributed by atoms with E-state index in [-0.39, 0.29) is 0 Å². The summed E-state index contributed by atoms with van der Waals surface area (Å²) in [6.45, 7) is 8.05. The Hall–Kier alpha value is -0.560. The zero-order valence-corrected chi connectivity index (χ0v) is 5.91. The molecule has 1 nitrogen and oxygen atoms in total. The molecule has 0 aliphatic carbocycles. The molecule has 0 aromatic carbocycles. The van der Waals surface area contributed by atoms with Gasteiger partial charge >= 0.3 is 0 Å². The van der Waals surface area contributed by atoms with Crippen molar-refractivity contribution < 1.29 is 0 Å². The first-order valence-corrected chi connectivity index (χ1v) is 3.35. The van der Waals surface area contributed by atoms with Crippen molar-refractivity contribution in [1.82, 2.24) is 5.32 Å². The Morgan fingerprint density at radius 2 is 2.56 bits per heavy atom. The highest BCUT2D eigenvalue weighted by Gasteiger charge is 2.03. The monoisotopic (exact) mass is 123 g/mol. The van der Waals surface area contributed by atoms with Crippen LogP contribution in [0, 0.1) is 0 Å². The molecule has 0 atom stereocenters. The first kappa shape index (κ1) is 6.56. The summed E-state index contributed by atoms with van der Waals surface area (Å²) in [6, 6.07) is 0. The Morgan fingerprint density at radius 3 is 3.00 bits per heavy atom. The average Bonchev–Trinajstić information content (AvgIpc) is 2.15. The van der Waals surface area contributed by atoms with Crippen LogP contribution in [0.1, 0.15) is 13.3 Å². The SMILES string of the molecule is C=C(C)C=C1CCNC1. The normalized spacial score (nSPS) is 23.0. The lowest BCUT2D eigenvalue weighted by atomic mass is 10.2. The molecule has 1 heterocycles. The van der Waals surface area contributed by atoms with Gasteiger partial charge in [-0.25, -0.2) is 0 Å². The molecule has 0 aromatic heterocycles. The molecular weight excluding hydrogens is 110 g/mol. The summed E-state index contributed by atoms with van der Waals surface area (Å²) in [6.07, 6.45) is 3.37. The van der Waals surface area contributed by atoms with E-state index in [4.69, 9.17) is 0 Å². The lowest BCUT2D eigenvalue weighted by Gasteiger charge is -1.91. The van der Waals surface area contributed by atoms with Crippen molar-refractivity contribution in [2.45, 2.75) is 13.3 Å². The van der Waals surface area contributed by atoms with Crippen LogP contribution in [0.25, 0.3) is 0 Å². The minimum Gasteiger partial charge on any atom is -0.313 e. The second kappa shape index (κ2) is 2.83. The summed E-state index contributed by atoms with van der Waals surface area (Å²) in [5, 5.41) is 3.27. The lowest BCUT2D eigenvalue weighted by molar-refractivity contribution is 0.862. The summed E-state index contributed by atoms with van der Waals surface area (Å²) in [5.74, 6) is 0. The van der Waals surface area contributed by atoms with Gasteiger partial charge in [0, 0.05) is 6.54 Å². The molecule has 9 heavy (non-hydrogen) atoms. The second-order valence-electron chi connectivity index (χ2n) is 2.58. The molecule has 1 N–H and O–H groups in total. The molecule has 0 aromatic rings. The largest absolute Gasteiger partial charge is 0.313 e. The van der Waals surface area contributed by atoms with Crippen LogP contribution in [0.3, 0.4) is 0 Å². The van der Waals surface area contributed by atoms with Gasteiger partial charge in [-0.2, -0.15) is 0 Å². The standard InChI is InChI=1S/C8H13N/c1-7(2)5-8-3-4-9-6-8/h5,9H,1,3-4,6H2,2H3. The maximum atomic E-state index is 3.81. The predicted octanol–water partition coefficient (Wildman–Crippen LogP) is 1.48. The first-order chi connectivity index (χ1) is 4.29. The van der Waals surface area contributed by atoms with Crippen molar-refractivity contribution in [2.24, 2.45) is 0 Å². The molecule has 0 saturated carbocycles. The fraction of sp³-hybridized carbons (Fsp3) is 0.500. The number of hydrogen-bond acceptors (Lipinski definition) is 1. The van der Waals surface area contributed by atoms with Gasteiger partial charge < -0.3 is 5.32 Å². The maximum Gasteiger partial charge on any atom is 0.0168 e. The minimum atomic E-state index is 1.06. The van der Waals surface area contributed by atoms with Gasteiger partial charge in [0.15, 0.2) is 0 Å². The van der Waals surface area contributed by atoms with Crippen LogP contribution in [0.2, 0.25) is 0 Å². The van der Waals surface area contributed by atoms with Gasteiger partial charge in [0.25, 0.3) is 0 Å². The first-order valence-electron chi connectivity index (χ1n) is 3.35. The molecule has 0 bridgehead atoms. The van der Waals surface area contributed by atoms with E-state index in [1.807, 2.05) is 6.92 Å². The molecule has 0 spiro atoms. The molecule has 1 fully saturated rings. The van der Waals surface area contributed by atoms with E-state index in [9.17, 15) is 0 Å². The zero-order valence-electron chi connectivity index (χ0n) is 5.91. The van der Waals surface area contributed by atoms with Gasteiger partial charge in [-0.3, -0.25) is 0 Å². The molecule has 1 heteroatoms. The average molecular weight is 123 g/mol. The molecule has 1 rings (SSSR count). The molecule has 50 valence electrons. The van der Waals surface area contributed by atoms with E-state index in [0.29, 0.717) is 0 Å². The van der Waals surface area contributed by atoms with Crippen molar-refractivity contribution >= 4 is 0 Å². The highest BCUT2D eigenvalue weighted by molar-refractivity contribution is 5.21. The van der Waals surface area contributed by atoms with Gasteiger partial charge in [-0.1, -0.05) is 23.8 Å². The number of hydrogen-bond donors (Lipinski definition) is 1. The van der Waals surface area contributed by atoms with E-state index in [2.05, 4.69) is 18.0 Å². The smallest absolute Gasteiger partial charge is 0.0168 e. The van der Waals surface area contributed by atoms with Crippen molar-refractivity contribution in [3.05, 3.63) is 23.8 Å². The lowest BCUT2D eigenvalue weighted by Crippen LogP contribution is -2.04. The third-order valence-corrected chi connectivity index (χ3v) is 1.43. The minimum absolute atomic E-state index is 1.06.